The van der Waals surface area contributed by atoms with Gasteiger partial charge in [-0.05, 0) is 25.0 Å². The predicted octanol–water partition coefficient (Wildman–Crippen LogP) is 2.63. The van der Waals surface area contributed by atoms with E-state index in [0.29, 0.717) is 6.54 Å². The molecule has 0 saturated heterocycles. The van der Waals surface area contributed by atoms with Crippen LogP contribution in [0.1, 0.15) is 25.0 Å². The summed E-state index contributed by atoms with van der Waals surface area (Å²) in [5.41, 5.74) is 7.79. The fourth-order valence-corrected chi connectivity index (χ4v) is 1.57. The van der Waals surface area contributed by atoms with Gasteiger partial charge in [0.05, 0.1) is 5.60 Å². The maximum atomic E-state index is 5.43. The molecular weight excluding hydrogens is 198 g/mol. The average Bonchev–Trinajstić information content (AvgIpc) is 2.26. The molecule has 0 unspecified atom stereocenters. The highest BCUT2D eigenvalue weighted by molar-refractivity contribution is 5.50. The van der Waals surface area contributed by atoms with Crippen LogP contribution in [0, 0.1) is 0 Å². The van der Waals surface area contributed by atoms with Crippen LogP contribution in [0.4, 0.5) is 0 Å². The first-order chi connectivity index (χ1) is 7.57. The SMILES string of the molecule is COC(C)(C)Cc1cccc(/C=C/CN)c1. The quantitative estimate of drug-likeness (QED) is 0.826. The van der Waals surface area contributed by atoms with Crippen molar-refractivity contribution in [3.63, 3.8) is 0 Å². The zero-order valence-corrected chi connectivity index (χ0v) is 10.4. The first kappa shape index (κ1) is 12.9. The van der Waals surface area contributed by atoms with E-state index in [1.54, 1.807) is 7.11 Å². The van der Waals surface area contributed by atoms with Gasteiger partial charge in [0.2, 0.25) is 0 Å². The van der Waals surface area contributed by atoms with E-state index in [1.807, 2.05) is 12.2 Å². The molecule has 0 aliphatic rings. The second kappa shape index (κ2) is 5.83. The second-order valence-electron chi connectivity index (χ2n) is 4.52. The van der Waals surface area contributed by atoms with Gasteiger partial charge in [0.25, 0.3) is 0 Å². The minimum atomic E-state index is -0.115. The molecule has 88 valence electrons. The number of hydrogen-bond donors (Lipinski definition) is 1. The Morgan fingerprint density at radius 3 is 2.75 bits per heavy atom. The van der Waals surface area contributed by atoms with E-state index >= 15 is 0 Å². The van der Waals surface area contributed by atoms with Crippen molar-refractivity contribution in [3.8, 4) is 0 Å². The fourth-order valence-electron chi connectivity index (χ4n) is 1.57. The first-order valence-corrected chi connectivity index (χ1v) is 5.58. The van der Waals surface area contributed by atoms with Gasteiger partial charge in [-0.2, -0.15) is 0 Å². The van der Waals surface area contributed by atoms with Crippen molar-refractivity contribution >= 4 is 6.08 Å². The largest absolute Gasteiger partial charge is 0.378 e. The molecule has 1 aromatic rings. The van der Waals surface area contributed by atoms with Crippen LogP contribution in [0.25, 0.3) is 6.08 Å². The van der Waals surface area contributed by atoms with Crippen LogP contribution in [0.15, 0.2) is 30.3 Å². The van der Waals surface area contributed by atoms with E-state index in [9.17, 15) is 0 Å². The summed E-state index contributed by atoms with van der Waals surface area (Å²) in [5.74, 6) is 0. The summed E-state index contributed by atoms with van der Waals surface area (Å²) in [4.78, 5) is 0. The zero-order chi connectivity index (χ0) is 12.0. The maximum absolute atomic E-state index is 5.43. The van der Waals surface area contributed by atoms with Gasteiger partial charge < -0.3 is 10.5 Å². The summed E-state index contributed by atoms with van der Waals surface area (Å²) >= 11 is 0. The van der Waals surface area contributed by atoms with Crippen molar-refractivity contribution < 1.29 is 4.74 Å². The summed E-state index contributed by atoms with van der Waals surface area (Å²) in [5, 5.41) is 0. The molecule has 2 heteroatoms. The van der Waals surface area contributed by atoms with Crippen LogP contribution in [-0.4, -0.2) is 19.3 Å². The smallest absolute Gasteiger partial charge is 0.0662 e. The Labute approximate surface area is 98.1 Å². The van der Waals surface area contributed by atoms with Gasteiger partial charge in [-0.3, -0.25) is 0 Å². The van der Waals surface area contributed by atoms with E-state index in [-0.39, 0.29) is 5.60 Å². The summed E-state index contributed by atoms with van der Waals surface area (Å²) in [6.45, 7) is 4.76. The third kappa shape index (κ3) is 4.17. The highest BCUT2D eigenvalue weighted by Gasteiger charge is 2.16. The molecule has 0 fully saturated rings. The molecule has 1 rings (SSSR count). The molecule has 0 atom stereocenters. The summed E-state index contributed by atoms with van der Waals surface area (Å²) in [6, 6.07) is 8.44. The first-order valence-electron chi connectivity index (χ1n) is 5.58. The molecule has 2 N–H and O–H groups in total. The topological polar surface area (TPSA) is 35.2 Å². The number of methoxy groups -OCH3 is 1. The van der Waals surface area contributed by atoms with Gasteiger partial charge in [-0.25, -0.2) is 0 Å². The molecular formula is C14H21NO. The van der Waals surface area contributed by atoms with E-state index < -0.39 is 0 Å². The van der Waals surface area contributed by atoms with Gasteiger partial charge in [-0.15, -0.1) is 0 Å². The number of hydrogen-bond acceptors (Lipinski definition) is 2. The standard InChI is InChI=1S/C14H21NO/c1-14(2,16-3)11-13-7-4-6-12(10-13)8-5-9-15/h4-8,10H,9,11,15H2,1-3H3/b8-5+. The summed E-state index contributed by atoms with van der Waals surface area (Å²) in [6.07, 6.45) is 4.91. The van der Waals surface area contributed by atoms with E-state index in [0.717, 1.165) is 6.42 Å². The van der Waals surface area contributed by atoms with Crippen molar-refractivity contribution in [1.82, 2.24) is 0 Å². The number of rotatable bonds is 5. The molecule has 0 amide bonds. The molecule has 0 aliphatic heterocycles. The molecule has 0 saturated carbocycles. The normalized spacial score (nSPS) is 12.2. The Hall–Kier alpha value is -1.12. The van der Waals surface area contributed by atoms with Crippen LogP contribution in [0.3, 0.4) is 0 Å². The molecule has 0 radical (unpaired) electrons. The lowest BCUT2D eigenvalue weighted by atomic mass is 9.97. The van der Waals surface area contributed by atoms with Crippen LogP contribution in [0.5, 0.6) is 0 Å². The van der Waals surface area contributed by atoms with Gasteiger partial charge in [0, 0.05) is 20.1 Å². The minimum Gasteiger partial charge on any atom is -0.378 e. The maximum Gasteiger partial charge on any atom is 0.0662 e. The van der Waals surface area contributed by atoms with Crippen molar-refractivity contribution in [1.29, 1.82) is 0 Å². The van der Waals surface area contributed by atoms with E-state index in [1.165, 1.54) is 11.1 Å². The van der Waals surface area contributed by atoms with E-state index in [2.05, 4.69) is 38.1 Å². The predicted molar refractivity (Wildman–Crippen MR) is 69.3 cm³/mol. The van der Waals surface area contributed by atoms with Gasteiger partial charge in [-0.1, -0.05) is 36.4 Å². The fraction of sp³-hybridized carbons (Fsp3) is 0.429. The molecule has 2 nitrogen and oxygen atoms in total. The van der Waals surface area contributed by atoms with Crippen LogP contribution in [-0.2, 0) is 11.2 Å². The lowest BCUT2D eigenvalue weighted by molar-refractivity contribution is 0.0232. The van der Waals surface area contributed by atoms with Crippen LogP contribution in [0.2, 0.25) is 0 Å². The molecule has 1 aromatic carbocycles. The molecule has 0 bridgehead atoms. The Balaban J connectivity index is 2.78. The van der Waals surface area contributed by atoms with Gasteiger partial charge in [0.15, 0.2) is 0 Å². The lowest BCUT2D eigenvalue weighted by Crippen LogP contribution is -2.25. The third-order valence-electron chi connectivity index (χ3n) is 2.58. The zero-order valence-electron chi connectivity index (χ0n) is 10.4. The van der Waals surface area contributed by atoms with Crippen LogP contribution >= 0.6 is 0 Å². The second-order valence-corrected chi connectivity index (χ2v) is 4.52. The third-order valence-corrected chi connectivity index (χ3v) is 2.58. The molecule has 0 spiro atoms. The highest BCUT2D eigenvalue weighted by atomic mass is 16.5. The monoisotopic (exact) mass is 219 g/mol. The van der Waals surface area contributed by atoms with Crippen molar-refractivity contribution in [2.24, 2.45) is 5.73 Å². The Morgan fingerprint density at radius 1 is 1.38 bits per heavy atom. The molecule has 16 heavy (non-hydrogen) atoms. The number of nitrogens with two attached hydrogens (primary N) is 1. The Kier molecular flexibility index (Phi) is 4.71. The Bertz CT molecular complexity index is 356. The van der Waals surface area contributed by atoms with Crippen molar-refractivity contribution in [3.05, 3.63) is 41.5 Å². The molecule has 0 heterocycles. The molecule has 0 aromatic heterocycles. The lowest BCUT2D eigenvalue weighted by Gasteiger charge is -2.22. The average molecular weight is 219 g/mol. The number of benzene rings is 1. The highest BCUT2D eigenvalue weighted by Crippen LogP contribution is 2.17. The Morgan fingerprint density at radius 2 is 2.12 bits per heavy atom. The van der Waals surface area contributed by atoms with Crippen molar-refractivity contribution in [2.75, 3.05) is 13.7 Å². The van der Waals surface area contributed by atoms with Gasteiger partial charge in [0.1, 0.15) is 0 Å². The van der Waals surface area contributed by atoms with Crippen LogP contribution < -0.4 is 5.73 Å². The summed E-state index contributed by atoms with van der Waals surface area (Å²) < 4.78 is 5.42. The summed E-state index contributed by atoms with van der Waals surface area (Å²) in [7, 11) is 1.75. The van der Waals surface area contributed by atoms with Gasteiger partial charge >= 0.3 is 0 Å². The van der Waals surface area contributed by atoms with Crippen molar-refractivity contribution in [2.45, 2.75) is 25.9 Å². The number of ether oxygens (including phenoxy) is 1. The molecule has 0 aliphatic carbocycles. The van der Waals surface area contributed by atoms with E-state index in [4.69, 9.17) is 10.5 Å². The minimum absolute atomic E-state index is 0.115.